The molecule has 0 unspecified atom stereocenters. The van der Waals surface area contributed by atoms with E-state index in [0.717, 1.165) is 12.1 Å². The van der Waals surface area contributed by atoms with Crippen molar-refractivity contribution in [2.24, 2.45) is 0 Å². The van der Waals surface area contributed by atoms with Crippen LogP contribution in [0.2, 0.25) is 5.02 Å². The highest BCUT2D eigenvalue weighted by Gasteiger charge is 2.18. The van der Waals surface area contributed by atoms with Crippen molar-refractivity contribution in [3.63, 3.8) is 0 Å². The van der Waals surface area contributed by atoms with E-state index in [2.05, 4.69) is 0 Å². The van der Waals surface area contributed by atoms with Crippen molar-refractivity contribution >= 4 is 17.4 Å². The zero-order valence-corrected chi connectivity index (χ0v) is 10.3. The molecule has 0 saturated carbocycles. The maximum Gasteiger partial charge on any atom is 0.197 e. The molecule has 0 amide bonds. The molecule has 4 heteroatoms. The lowest BCUT2D eigenvalue weighted by atomic mass is 10.0. The van der Waals surface area contributed by atoms with E-state index in [-0.39, 0.29) is 16.1 Å². The average molecular weight is 267 g/mol. The molecular weight excluding hydrogens is 258 g/mol. The third-order valence-electron chi connectivity index (χ3n) is 2.49. The van der Waals surface area contributed by atoms with E-state index in [9.17, 15) is 13.6 Å². The van der Waals surface area contributed by atoms with Crippen molar-refractivity contribution < 1.29 is 13.6 Å². The van der Waals surface area contributed by atoms with Crippen LogP contribution in [0.4, 0.5) is 8.78 Å². The van der Waals surface area contributed by atoms with Crippen LogP contribution in [0.1, 0.15) is 21.5 Å². The fourth-order valence-electron chi connectivity index (χ4n) is 1.73. The van der Waals surface area contributed by atoms with E-state index in [0.29, 0.717) is 5.56 Å². The summed E-state index contributed by atoms with van der Waals surface area (Å²) in [7, 11) is 0. The molecule has 0 saturated heterocycles. The predicted molar refractivity (Wildman–Crippen MR) is 66.0 cm³/mol. The maximum atomic E-state index is 13.6. The minimum absolute atomic E-state index is 0.0157. The van der Waals surface area contributed by atoms with Gasteiger partial charge in [-0.05, 0) is 42.8 Å². The Hall–Kier alpha value is -1.74. The Bertz CT molecular complexity index is 583. The van der Waals surface area contributed by atoms with Crippen molar-refractivity contribution in [1.82, 2.24) is 0 Å². The van der Waals surface area contributed by atoms with Gasteiger partial charge >= 0.3 is 0 Å². The fourth-order valence-corrected chi connectivity index (χ4v) is 1.98. The Morgan fingerprint density at radius 3 is 2.50 bits per heavy atom. The SMILES string of the molecule is Cc1cc(F)cc(C(=O)c2c(F)cccc2Cl)c1. The van der Waals surface area contributed by atoms with Gasteiger partial charge in [-0.15, -0.1) is 0 Å². The van der Waals surface area contributed by atoms with Crippen LogP contribution in [-0.2, 0) is 0 Å². The summed E-state index contributed by atoms with van der Waals surface area (Å²) in [5.41, 5.74) is 0.439. The summed E-state index contributed by atoms with van der Waals surface area (Å²) in [5, 5.41) is 0.0157. The number of halogens is 3. The first-order valence-electron chi connectivity index (χ1n) is 5.25. The second kappa shape index (κ2) is 4.86. The summed E-state index contributed by atoms with van der Waals surface area (Å²) >= 11 is 5.80. The van der Waals surface area contributed by atoms with Gasteiger partial charge in [0.05, 0.1) is 10.6 Å². The first-order valence-corrected chi connectivity index (χ1v) is 5.63. The standard InChI is InChI=1S/C14H9ClF2O/c1-8-5-9(7-10(16)6-8)14(18)13-11(15)3-2-4-12(13)17/h2-7H,1H3. The van der Waals surface area contributed by atoms with Crippen molar-refractivity contribution in [3.05, 3.63) is 69.7 Å². The molecule has 0 aliphatic rings. The van der Waals surface area contributed by atoms with E-state index in [4.69, 9.17) is 11.6 Å². The number of benzene rings is 2. The van der Waals surface area contributed by atoms with Crippen LogP contribution < -0.4 is 0 Å². The monoisotopic (exact) mass is 266 g/mol. The van der Waals surface area contributed by atoms with Crippen LogP contribution >= 0.6 is 11.6 Å². The minimum Gasteiger partial charge on any atom is -0.288 e. The molecular formula is C14H9ClF2O. The second-order valence-electron chi connectivity index (χ2n) is 3.94. The first-order chi connectivity index (χ1) is 8.49. The largest absolute Gasteiger partial charge is 0.288 e. The van der Waals surface area contributed by atoms with Crippen molar-refractivity contribution in [2.45, 2.75) is 6.92 Å². The summed E-state index contributed by atoms with van der Waals surface area (Å²) in [6.07, 6.45) is 0. The Morgan fingerprint density at radius 1 is 1.17 bits per heavy atom. The van der Waals surface area contributed by atoms with Gasteiger partial charge in [0.15, 0.2) is 5.78 Å². The third kappa shape index (κ3) is 2.41. The molecule has 0 radical (unpaired) electrons. The highest BCUT2D eigenvalue weighted by molar-refractivity contribution is 6.35. The fraction of sp³-hybridized carbons (Fsp3) is 0.0714. The third-order valence-corrected chi connectivity index (χ3v) is 2.81. The molecule has 2 aromatic carbocycles. The number of hydrogen-bond acceptors (Lipinski definition) is 1. The topological polar surface area (TPSA) is 17.1 Å². The van der Waals surface area contributed by atoms with Gasteiger partial charge in [0.25, 0.3) is 0 Å². The van der Waals surface area contributed by atoms with E-state index in [1.54, 1.807) is 6.92 Å². The van der Waals surface area contributed by atoms with Gasteiger partial charge in [0.2, 0.25) is 0 Å². The van der Waals surface area contributed by atoms with Gasteiger partial charge in [-0.3, -0.25) is 4.79 Å². The van der Waals surface area contributed by atoms with Crippen LogP contribution in [0.25, 0.3) is 0 Å². The number of aryl methyl sites for hydroxylation is 1. The molecule has 0 N–H and O–H groups in total. The van der Waals surface area contributed by atoms with Crippen molar-refractivity contribution in [2.75, 3.05) is 0 Å². The molecule has 0 aliphatic carbocycles. The highest BCUT2D eigenvalue weighted by atomic mass is 35.5. The van der Waals surface area contributed by atoms with Gasteiger partial charge < -0.3 is 0 Å². The van der Waals surface area contributed by atoms with E-state index < -0.39 is 17.4 Å². The van der Waals surface area contributed by atoms with E-state index >= 15 is 0 Å². The lowest BCUT2D eigenvalue weighted by Gasteiger charge is -2.06. The van der Waals surface area contributed by atoms with Crippen molar-refractivity contribution in [3.8, 4) is 0 Å². The lowest BCUT2D eigenvalue weighted by molar-refractivity contribution is 0.103. The molecule has 0 aromatic heterocycles. The summed E-state index contributed by atoms with van der Waals surface area (Å²) in [4.78, 5) is 12.1. The number of rotatable bonds is 2. The van der Waals surface area contributed by atoms with Crippen LogP contribution in [0.3, 0.4) is 0 Å². The van der Waals surface area contributed by atoms with Crippen LogP contribution in [0.15, 0.2) is 36.4 Å². The number of hydrogen-bond donors (Lipinski definition) is 0. The van der Waals surface area contributed by atoms with Gasteiger partial charge in [-0.25, -0.2) is 8.78 Å². The van der Waals surface area contributed by atoms with Gasteiger partial charge in [-0.2, -0.15) is 0 Å². The van der Waals surface area contributed by atoms with Crippen molar-refractivity contribution in [1.29, 1.82) is 0 Å². The van der Waals surface area contributed by atoms with Gasteiger partial charge in [-0.1, -0.05) is 17.7 Å². The molecule has 0 aliphatic heterocycles. The normalized spacial score (nSPS) is 10.4. The zero-order valence-electron chi connectivity index (χ0n) is 9.51. The maximum absolute atomic E-state index is 13.6. The number of carbonyl (C=O) groups excluding carboxylic acids is 1. The summed E-state index contributed by atoms with van der Waals surface area (Å²) < 4.78 is 26.8. The Balaban J connectivity index is 2.55. The number of ketones is 1. The number of carbonyl (C=O) groups is 1. The van der Waals surface area contributed by atoms with E-state index in [1.165, 1.54) is 24.3 Å². The predicted octanol–water partition coefficient (Wildman–Crippen LogP) is 4.16. The molecule has 0 spiro atoms. The Kier molecular flexibility index (Phi) is 3.43. The molecule has 18 heavy (non-hydrogen) atoms. The van der Waals surface area contributed by atoms with Crippen LogP contribution in [0, 0.1) is 18.6 Å². The molecule has 0 fully saturated rings. The zero-order chi connectivity index (χ0) is 13.3. The molecule has 2 aromatic rings. The molecule has 2 rings (SSSR count). The molecule has 0 atom stereocenters. The summed E-state index contributed by atoms with van der Waals surface area (Å²) in [5.74, 6) is -1.87. The van der Waals surface area contributed by atoms with E-state index in [1.807, 2.05) is 0 Å². The molecule has 92 valence electrons. The summed E-state index contributed by atoms with van der Waals surface area (Å²) in [6, 6.07) is 7.83. The Labute approximate surface area is 108 Å². The molecule has 1 nitrogen and oxygen atoms in total. The first kappa shape index (κ1) is 12.7. The second-order valence-corrected chi connectivity index (χ2v) is 4.35. The molecule has 0 heterocycles. The van der Waals surface area contributed by atoms with Gasteiger partial charge in [0.1, 0.15) is 11.6 Å². The molecule has 0 bridgehead atoms. The van der Waals surface area contributed by atoms with Crippen LogP contribution in [-0.4, -0.2) is 5.78 Å². The quantitative estimate of drug-likeness (QED) is 0.746. The Morgan fingerprint density at radius 2 is 1.89 bits per heavy atom. The minimum atomic E-state index is -0.714. The lowest BCUT2D eigenvalue weighted by Crippen LogP contribution is -2.06. The van der Waals surface area contributed by atoms with Crippen LogP contribution in [0.5, 0.6) is 0 Å². The highest BCUT2D eigenvalue weighted by Crippen LogP contribution is 2.23. The summed E-state index contributed by atoms with van der Waals surface area (Å²) in [6.45, 7) is 1.66. The smallest absolute Gasteiger partial charge is 0.197 e. The average Bonchev–Trinajstić information content (AvgIpc) is 2.27. The van der Waals surface area contributed by atoms with Gasteiger partial charge in [0, 0.05) is 5.56 Å².